The minimum absolute atomic E-state index is 0.101. The minimum atomic E-state index is -1.35. The maximum Gasteiger partial charge on any atom is 0.349 e. The van der Waals surface area contributed by atoms with E-state index in [9.17, 15) is 4.79 Å². The first-order chi connectivity index (χ1) is 13.5. The van der Waals surface area contributed by atoms with Crippen LogP contribution < -0.4 is 0 Å². The lowest BCUT2D eigenvalue weighted by atomic mass is 9.90. The quantitative estimate of drug-likeness (QED) is 0.394. The molecule has 1 aliphatic heterocycles. The highest BCUT2D eigenvalue weighted by atomic mass is 16.6. The molecule has 2 heterocycles. The van der Waals surface area contributed by atoms with Crippen LogP contribution in [0.4, 0.5) is 0 Å². The minimum Gasteiger partial charge on any atom is -0.453 e. The van der Waals surface area contributed by atoms with Gasteiger partial charge in [-0.2, -0.15) is 0 Å². The van der Waals surface area contributed by atoms with Crippen molar-refractivity contribution < 1.29 is 23.9 Å². The first-order valence-electron chi connectivity index (χ1n) is 9.95. The smallest absolute Gasteiger partial charge is 0.349 e. The topological polar surface area (TPSA) is 71.6 Å². The van der Waals surface area contributed by atoms with Gasteiger partial charge in [0.2, 0.25) is 5.60 Å². The predicted octanol–water partition coefficient (Wildman–Crippen LogP) is 2.44. The molecular weight excluding hydrogens is 356 g/mol. The van der Waals surface area contributed by atoms with Crippen molar-refractivity contribution in [1.29, 1.82) is 0 Å². The van der Waals surface area contributed by atoms with Gasteiger partial charge in [0.05, 0.1) is 26.3 Å². The number of unbranched alkanes of at least 4 members (excludes halogenated alkanes) is 1. The second-order valence-corrected chi connectivity index (χ2v) is 8.07. The van der Waals surface area contributed by atoms with E-state index in [2.05, 4.69) is 19.1 Å². The van der Waals surface area contributed by atoms with Crippen LogP contribution in [0.1, 0.15) is 30.5 Å². The fourth-order valence-corrected chi connectivity index (χ4v) is 3.82. The van der Waals surface area contributed by atoms with Gasteiger partial charge in [-0.3, -0.25) is 0 Å². The van der Waals surface area contributed by atoms with Crippen LogP contribution in [0.15, 0.2) is 48.7 Å². The molecule has 2 aromatic rings. The van der Waals surface area contributed by atoms with Crippen LogP contribution in [-0.2, 0) is 19.9 Å². The number of carbonyl (C=O) groups is 1. The van der Waals surface area contributed by atoms with E-state index in [0.717, 1.165) is 29.6 Å². The van der Waals surface area contributed by atoms with Crippen LogP contribution in [0, 0.1) is 0 Å². The summed E-state index contributed by atoms with van der Waals surface area (Å²) in [6.45, 7) is 2.22. The SMILES string of the molecule is C[N+]1(C)CCC(OC(=O)C(OCCCCO)(c2ccccc2)c2ccc[nH]2)C1. The van der Waals surface area contributed by atoms with E-state index in [4.69, 9.17) is 14.6 Å². The third-order valence-electron chi connectivity index (χ3n) is 5.34. The number of nitrogens with zero attached hydrogens (tertiary/aromatic N) is 1. The largest absolute Gasteiger partial charge is 0.453 e. The normalized spacial score (nSPS) is 20.6. The zero-order valence-electron chi connectivity index (χ0n) is 16.8. The Kier molecular flexibility index (Phi) is 6.54. The van der Waals surface area contributed by atoms with Gasteiger partial charge in [-0.05, 0) is 25.0 Å². The molecule has 0 spiro atoms. The van der Waals surface area contributed by atoms with E-state index in [1.165, 1.54) is 0 Å². The number of esters is 1. The van der Waals surface area contributed by atoms with Crippen molar-refractivity contribution in [3.63, 3.8) is 0 Å². The number of likely N-dealkylation sites (N-methyl/N-ethyl adjacent to an activating group) is 1. The van der Waals surface area contributed by atoms with Crippen LogP contribution in [0.2, 0.25) is 0 Å². The number of benzene rings is 1. The maximum absolute atomic E-state index is 13.6. The Labute approximate surface area is 166 Å². The molecule has 6 nitrogen and oxygen atoms in total. The van der Waals surface area contributed by atoms with Crippen LogP contribution in [-0.4, -0.2) is 67.0 Å². The fraction of sp³-hybridized carbons (Fsp3) is 0.500. The van der Waals surface area contributed by atoms with Crippen molar-refractivity contribution in [2.75, 3.05) is 40.4 Å². The van der Waals surface area contributed by atoms with Gasteiger partial charge in [0.1, 0.15) is 6.54 Å². The zero-order valence-corrected chi connectivity index (χ0v) is 16.8. The van der Waals surface area contributed by atoms with Gasteiger partial charge in [-0.1, -0.05) is 30.3 Å². The summed E-state index contributed by atoms with van der Waals surface area (Å²) in [6.07, 6.45) is 3.79. The molecule has 0 radical (unpaired) electrons. The number of likely N-dealkylation sites (tertiary alicyclic amines) is 1. The summed E-state index contributed by atoms with van der Waals surface area (Å²) in [6, 6.07) is 13.2. The maximum atomic E-state index is 13.6. The molecule has 28 heavy (non-hydrogen) atoms. The molecule has 2 unspecified atom stereocenters. The molecule has 1 aliphatic rings. The Morgan fingerprint density at radius 3 is 2.61 bits per heavy atom. The summed E-state index contributed by atoms with van der Waals surface area (Å²) in [5.74, 6) is -0.392. The Bertz CT molecular complexity index is 745. The Hall–Kier alpha value is -2.15. The van der Waals surface area contributed by atoms with E-state index in [0.29, 0.717) is 25.1 Å². The zero-order chi connectivity index (χ0) is 20.0. The summed E-state index contributed by atoms with van der Waals surface area (Å²) in [4.78, 5) is 16.7. The van der Waals surface area contributed by atoms with Crippen LogP contribution >= 0.6 is 0 Å². The predicted molar refractivity (Wildman–Crippen MR) is 107 cm³/mol. The van der Waals surface area contributed by atoms with Gasteiger partial charge in [-0.25, -0.2) is 4.79 Å². The molecular formula is C22H31N2O4+. The standard InChI is InChI=1S/C22H31N2O4/c1-24(2)14-12-19(17-24)28-21(26)22(20-11-8-13-23-20,27-16-7-6-15-25)18-9-4-3-5-10-18/h3-5,8-11,13,19,23,25H,6-7,12,14-17H2,1-2H3/q+1. The molecule has 152 valence electrons. The third kappa shape index (κ3) is 4.46. The van der Waals surface area contributed by atoms with Gasteiger partial charge in [0, 0.05) is 31.4 Å². The van der Waals surface area contributed by atoms with Crippen molar-refractivity contribution in [1.82, 2.24) is 4.98 Å². The molecule has 2 N–H and O–H groups in total. The van der Waals surface area contributed by atoms with Gasteiger partial charge >= 0.3 is 5.97 Å². The summed E-state index contributed by atoms with van der Waals surface area (Å²) in [5, 5.41) is 9.09. The molecule has 3 rings (SSSR count). The van der Waals surface area contributed by atoms with Crippen molar-refractivity contribution in [2.24, 2.45) is 0 Å². The Morgan fingerprint density at radius 1 is 1.21 bits per heavy atom. The second kappa shape index (κ2) is 8.90. The van der Waals surface area contributed by atoms with Gasteiger partial charge in [0.15, 0.2) is 6.10 Å². The van der Waals surface area contributed by atoms with Crippen LogP contribution in [0.5, 0.6) is 0 Å². The number of quaternary nitrogens is 1. The van der Waals surface area contributed by atoms with Gasteiger partial charge < -0.3 is 24.0 Å². The molecule has 6 heteroatoms. The lowest BCUT2D eigenvalue weighted by Gasteiger charge is -2.32. The highest BCUT2D eigenvalue weighted by Gasteiger charge is 2.48. The van der Waals surface area contributed by atoms with Gasteiger partial charge in [-0.15, -0.1) is 0 Å². The Balaban J connectivity index is 1.93. The van der Waals surface area contributed by atoms with Crippen molar-refractivity contribution in [2.45, 2.75) is 31.0 Å². The second-order valence-electron chi connectivity index (χ2n) is 8.07. The molecule has 0 amide bonds. The number of aromatic amines is 1. The average Bonchev–Trinajstić information content (AvgIpc) is 3.33. The van der Waals surface area contributed by atoms with Crippen LogP contribution in [0.3, 0.4) is 0 Å². The molecule has 0 aliphatic carbocycles. The number of H-pyrrole nitrogens is 1. The molecule has 1 aromatic carbocycles. The first kappa shape index (κ1) is 20.6. The van der Waals surface area contributed by atoms with E-state index < -0.39 is 11.6 Å². The molecule has 1 fully saturated rings. The summed E-state index contributed by atoms with van der Waals surface area (Å²) in [5.41, 5.74) is 0.0394. The van der Waals surface area contributed by atoms with Crippen molar-refractivity contribution in [3.8, 4) is 0 Å². The van der Waals surface area contributed by atoms with E-state index >= 15 is 0 Å². The van der Waals surface area contributed by atoms with E-state index in [1.807, 2.05) is 42.5 Å². The number of rotatable bonds is 9. The number of aliphatic hydroxyl groups is 1. The lowest BCUT2D eigenvalue weighted by molar-refractivity contribution is -0.879. The molecule has 1 aromatic heterocycles. The number of hydrogen-bond donors (Lipinski definition) is 2. The van der Waals surface area contributed by atoms with Gasteiger partial charge in [0.25, 0.3) is 0 Å². The number of carbonyl (C=O) groups excluding carboxylic acids is 1. The number of ether oxygens (including phenoxy) is 2. The first-order valence-corrected chi connectivity index (χ1v) is 9.95. The molecule has 0 bridgehead atoms. The fourth-order valence-electron chi connectivity index (χ4n) is 3.82. The third-order valence-corrected chi connectivity index (χ3v) is 5.34. The summed E-state index contributed by atoms with van der Waals surface area (Å²) >= 11 is 0. The summed E-state index contributed by atoms with van der Waals surface area (Å²) in [7, 11) is 4.29. The molecule has 0 saturated carbocycles. The number of aliphatic hydroxyl groups excluding tert-OH is 1. The number of hydrogen-bond acceptors (Lipinski definition) is 4. The van der Waals surface area contributed by atoms with Crippen LogP contribution in [0.25, 0.3) is 0 Å². The number of aromatic nitrogens is 1. The van der Waals surface area contributed by atoms with Crippen molar-refractivity contribution >= 4 is 5.97 Å². The average molecular weight is 388 g/mol. The highest BCUT2D eigenvalue weighted by Crippen LogP contribution is 2.36. The molecule has 2 atom stereocenters. The monoisotopic (exact) mass is 387 g/mol. The summed E-state index contributed by atoms with van der Waals surface area (Å²) < 4.78 is 13.1. The number of nitrogens with one attached hydrogen (secondary N) is 1. The molecule has 1 saturated heterocycles. The Morgan fingerprint density at radius 2 is 2.00 bits per heavy atom. The van der Waals surface area contributed by atoms with Crippen molar-refractivity contribution in [3.05, 3.63) is 59.9 Å². The highest BCUT2D eigenvalue weighted by molar-refractivity contribution is 5.85. The van der Waals surface area contributed by atoms with E-state index in [1.54, 1.807) is 6.20 Å². The lowest BCUT2D eigenvalue weighted by Crippen LogP contribution is -2.45. The van der Waals surface area contributed by atoms with E-state index in [-0.39, 0.29) is 12.7 Å².